The summed E-state index contributed by atoms with van der Waals surface area (Å²) in [5.41, 5.74) is 3.66. The van der Waals surface area contributed by atoms with Crippen LogP contribution in [0.25, 0.3) is 23.2 Å². The maximum atomic E-state index is 11.0. The van der Waals surface area contributed by atoms with Crippen molar-refractivity contribution in [2.45, 2.75) is 6.54 Å². The van der Waals surface area contributed by atoms with E-state index in [2.05, 4.69) is 16.7 Å². The summed E-state index contributed by atoms with van der Waals surface area (Å²) < 4.78 is 2.12. The van der Waals surface area contributed by atoms with Crippen molar-refractivity contribution in [2.24, 2.45) is 0 Å². The van der Waals surface area contributed by atoms with Crippen LogP contribution in [0.1, 0.15) is 17.0 Å². The molecule has 6 heteroatoms. The first kappa shape index (κ1) is 17.9. The van der Waals surface area contributed by atoms with E-state index in [4.69, 9.17) is 16.6 Å². The standard InChI is InChI=1S/C22H16ClN3O2/c23-19-12-11-18(26(27)28)14-17(19)10-13-22-24-20-8-4-5-9-21(20)25(22)15-16-6-2-1-3-7-16/h1-14H,15H2/b13-10+. The van der Waals surface area contributed by atoms with Crippen LogP contribution in [-0.2, 0) is 6.54 Å². The number of fused-ring (bicyclic) bond motifs is 1. The Morgan fingerprint density at radius 2 is 1.75 bits per heavy atom. The molecule has 0 bridgehead atoms. The van der Waals surface area contributed by atoms with E-state index in [1.165, 1.54) is 18.2 Å². The fourth-order valence-electron chi connectivity index (χ4n) is 3.09. The lowest BCUT2D eigenvalue weighted by Crippen LogP contribution is -2.01. The number of nitro groups is 1. The fourth-order valence-corrected chi connectivity index (χ4v) is 3.27. The Morgan fingerprint density at radius 1 is 1.00 bits per heavy atom. The summed E-state index contributed by atoms with van der Waals surface area (Å²) in [6.45, 7) is 0.670. The molecule has 28 heavy (non-hydrogen) atoms. The smallest absolute Gasteiger partial charge is 0.270 e. The predicted octanol–water partition coefficient (Wildman–Crippen LogP) is 5.82. The van der Waals surface area contributed by atoms with Gasteiger partial charge in [-0.1, -0.05) is 54.1 Å². The molecule has 0 aliphatic heterocycles. The minimum absolute atomic E-state index is 0.00170. The van der Waals surface area contributed by atoms with Gasteiger partial charge in [0, 0.05) is 23.7 Å². The first-order valence-electron chi connectivity index (χ1n) is 8.73. The highest BCUT2D eigenvalue weighted by atomic mass is 35.5. The lowest BCUT2D eigenvalue weighted by Gasteiger charge is -2.07. The van der Waals surface area contributed by atoms with Crippen molar-refractivity contribution in [1.82, 2.24) is 9.55 Å². The number of para-hydroxylation sites is 2. The lowest BCUT2D eigenvalue weighted by molar-refractivity contribution is -0.384. The average molecular weight is 390 g/mol. The van der Waals surface area contributed by atoms with Gasteiger partial charge in [-0.25, -0.2) is 4.98 Å². The summed E-state index contributed by atoms with van der Waals surface area (Å²) in [5.74, 6) is 0.757. The summed E-state index contributed by atoms with van der Waals surface area (Å²) in [6.07, 6.45) is 3.60. The Labute approximate surface area is 166 Å². The molecular weight excluding hydrogens is 374 g/mol. The molecule has 0 aliphatic carbocycles. The Hall–Kier alpha value is -3.44. The van der Waals surface area contributed by atoms with Crippen LogP contribution in [0.3, 0.4) is 0 Å². The van der Waals surface area contributed by atoms with Crippen LogP contribution in [0.15, 0.2) is 72.8 Å². The van der Waals surface area contributed by atoms with Gasteiger partial charge in [0.15, 0.2) is 0 Å². The first-order chi connectivity index (χ1) is 13.6. The van der Waals surface area contributed by atoms with Crippen LogP contribution in [0.4, 0.5) is 5.69 Å². The SMILES string of the molecule is O=[N+]([O-])c1ccc(Cl)c(/C=C/c2nc3ccccc3n2Cc2ccccc2)c1. The zero-order valence-electron chi connectivity index (χ0n) is 14.8. The van der Waals surface area contributed by atoms with E-state index < -0.39 is 4.92 Å². The third-order valence-electron chi connectivity index (χ3n) is 4.47. The maximum absolute atomic E-state index is 11.0. The molecule has 0 atom stereocenters. The van der Waals surface area contributed by atoms with E-state index >= 15 is 0 Å². The van der Waals surface area contributed by atoms with Crippen molar-refractivity contribution >= 4 is 40.5 Å². The summed E-state index contributed by atoms with van der Waals surface area (Å²) in [4.78, 5) is 15.3. The summed E-state index contributed by atoms with van der Waals surface area (Å²) in [5, 5.41) is 11.5. The molecule has 5 nitrogen and oxygen atoms in total. The normalized spacial score (nSPS) is 11.3. The number of non-ortho nitro benzene ring substituents is 1. The number of benzene rings is 3. The Kier molecular flexibility index (Phi) is 4.91. The van der Waals surface area contributed by atoms with E-state index in [0.29, 0.717) is 17.1 Å². The molecule has 4 aromatic rings. The molecule has 0 N–H and O–H groups in total. The minimum Gasteiger partial charge on any atom is -0.320 e. The quantitative estimate of drug-likeness (QED) is 0.319. The van der Waals surface area contributed by atoms with E-state index in [9.17, 15) is 10.1 Å². The number of nitro benzene ring substituents is 1. The zero-order valence-corrected chi connectivity index (χ0v) is 15.6. The molecule has 1 aromatic heterocycles. The highest BCUT2D eigenvalue weighted by Crippen LogP contribution is 2.25. The third-order valence-corrected chi connectivity index (χ3v) is 4.81. The predicted molar refractivity (Wildman–Crippen MR) is 112 cm³/mol. The van der Waals surface area contributed by atoms with Crippen molar-refractivity contribution < 1.29 is 4.92 Å². The van der Waals surface area contributed by atoms with Crippen LogP contribution in [0.5, 0.6) is 0 Å². The average Bonchev–Trinajstić information content (AvgIpc) is 3.05. The fraction of sp³-hybridized carbons (Fsp3) is 0.0455. The van der Waals surface area contributed by atoms with E-state index in [1.54, 1.807) is 6.08 Å². The van der Waals surface area contributed by atoms with Gasteiger partial charge in [-0.15, -0.1) is 0 Å². The molecule has 0 radical (unpaired) electrons. The Balaban J connectivity index is 1.76. The monoisotopic (exact) mass is 389 g/mol. The van der Waals surface area contributed by atoms with Gasteiger partial charge in [-0.3, -0.25) is 10.1 Å². The number of rotatable bonds is 5. The second-order valence-electron chi connectivity index (χ2n) is 6.33. The van der Waals surface area contributed by atoms with E-state index in [-0.39, 0.29) is 5.69 Å². The molecule has 0 amide bonds. The molecule has 0 saturated heterocycles. The molecule has 0 fully saturated rings. The van der Waals surface area contributed by atoms with Gasteiger partial charge >= 0.3 is 0 Å². The van der Waals surface area contributed by atoms with Crippen molar-refractivity contribution in [3.05, 3.63) is 105 Å². The van der Waals surface area contributed by atoms with Crippen LogP contribution < -0.4 is 0 Å². The molecule has 138 valence electrons. The van der Waals surface area contributed by atoms with Gasteiger partial charge in [-0.05, 0) is 41.5 Å². The number of hydrogen-bond acceptors (Lipinski definition) is 3. The van der Waals surface area contributed by atoms with Gasteiger partial charge < -0.3 is 4.57 Å². The van der Waals surface area contributed by atoms with Gasteiger partial charge in [0.2, 0.25) is 0 Å². The Bertz CT molecular complexity index is 1180. The molecule has 0 aliphatic rings. The number of nitrogens with zero attached hydrogens (tertiary/aromatic N) is 3. The van der Waals surface area contributed by atoms with Gasteiger partial charge in [0.25, 0.3) is 5.69 Å². The van der Waals surface area contributed by atoms with Gasteiger partial charge in [0.1, 0.15) is 5.82 Å². The van der Waals surface area contributed by atoms with Crippen molar-refractivity contribution in [3.8, 4) is 0 Å². The largest absolute Gasteiger partial charge is 0.320 e. The van der Waals surface area contributed by atoms with Crippen LogP contribution >= 0.6 is 11.6 Å². The highest BCUT2D eigenvalue weighted by molar-refractivity contribution is 6.32. The van der Waals surface area contributed by atoms with Crippen LogP contribution in [0.2, 0.25) is 5.02 Å². The number of halogens is 1. The van der Waals surface area contributed by atoms with Crippen molar-refractivity contribution in [3.63, 3.8) is 0 Å². The summed E-state index contributed by atoms with van der Waals surface area (Å²) in [7, 11) is 0. The molecular formula is C22H16ClN3O2. The highest BCUT2D eigenvalue weighted by Gasteiger charge is 2.11. The lowest BCUT2D eigenvalue weighted by atomic mass is 10.2. The molecule has 4 rings (SSSR count). The first-order valence-corrected chi connectivity index (χ1v) is 9.11. The van der Waals surface area contributed by atoms with E-state index in [0.717, 1.165) is 22.4 Å². The molecule has 0 unspecified atom stereocenters. The third kappa shape index (κ3) is 3.66. The second-order valence-corrected chi connectivity index (χ2v) is 6.73. The number of hydrogen-bond donors (Lipinski definition) is 0. The maximum Gasteiger partial charge on any atom is 0.270 e. The topological polar surface area (TPSA) is 61.0 Å². The van der Waals surface area contributed by atoms with Gasteiger partial charge in [-0.2, -0.15) is 0 Å². The molecule has 3 aromatic carbocycles. The number of aromatic nitrogens is 2. The minimum atomic E-state index is -0.432. The zero-order chi connectivity index (χ0) is 19.5. The summed E-state index contributed by atoms with van der Waals surface area (Å²) in [6, 6.07) is 22.5. The van der Waals surface area contributed by atoms with Crippen LogP contribution in [-0.4, -0.2) is 14.5 Å². The Morgan fingerprint density at radius 3 is 2.54 bits per heavy atom. The van der Waals surface area contributed by atoms with Gasteiger partial charge in [0.05, 0.1) is 16.0 Å². The number of imidazole rings is 1. The van der Waals surface area contributed by atoms with E-state index in [1.807, 2.05) is 48.5 Å². The van der Waals surface area contributed by atoms with Crippen molar-refractivity contribution in [1.29, 1.82) is 0 Å². The molecule has 0 spiro atoms. The second kappa shape index (κ2) is 7.66. The molecule has 0 saturated carbocycles. The van der Waals surface area contributed by atoms with Crippen molar-refractivity contribution in [2.75, 3.05) is 0 Å². The summed E-state index contributed by atoms with van der Waals surface area (Å²) >= 11 is 6.21. The van der Waals surface area contributed by atoms with Crippen LogP contribution in [0, 0.1) is 10.1 Å². The molecule has 1 heterocycles.